The van der Waals surface area contributed by atoms with Gasteiger partial charge in [0.15, 0.2) is 0 Å². The van der Waals surface area contributed by atoms with Gasteiger partial charge in [-0.3, -0.25) is 4.98 Å². The molecule has 0 spiro atoms. The summed E-state index contributed by atoms with van der Waals surface area (Å²) in [6.45, 7) is 10.3. The lowest BCUT2D eigenvalue weighted by molar-refractivity contribution is 0.271. The summed E-state index contributed by atoms with van der Waals surface area (Å²) in [5, 5.41) is 2.55. The van der Waals surface area contributed by atoms with Crippen molar-refractivity contribution in [3.05, 3.63) is 36.2 Å². The van der Waals surface area contributed by atoms with Crippen LogP contribution in [0.2, 0.25) is 0 Å². The number of ether oxygens (including phenoxy) is 1. The minimum Gasteiger partial charge on any atom is -0.493 e. The van der Waals surface area contributed by atoms with Gasteiger partial charge in [0.1, 0.15) is 5.75 Å². The number of pyridine rings is 1. The van der Waals surface area contributed by atoms with Crippen molar-refractivity contribution in [2.75, 3.05) is 6.61 Å². The predicted molar refractivity (Wildman–Crippen MR) is 88.0 cm³/mol. The molecule has 0 saturated heterocycles. The molecule has 0 atom stereocenters. The maximum Gasteiger partial charge on any atom is 0.121 e. The first-order valence-electron chi connectivity index (χ1n) is 7.62. The molecule has 2 heterocycles. The molecule has 2 aromatic heterocycles. The summed E-state index contributed by atoms with van der Waals surface area (Å²) in [6, 6.07) is 8.49. The molecule has 3 aromatic rings. The van der Waals surface area contributed by atoms with Crippen LogP contribution in [0.1, 0.15) is 26.5 Å². The molecule has 0 aliphatic carbocycles. The van der Waals surface area contributed by atoms with E-state index in [1.165, 1.54) is 21.8 Å². The van der Waals surface area contributed by atoms with Crippen molar-refractivity contribution in [2.24, 2.45) is 5.92 Å². The molecule has 0 fully saturated rings. The fourth-order valence-corrected chi connectivity index (χ4v) is 2.88. The lowest BCUT2D eigenvalue weighted by Gasteiger charge is -2.09. The molecule has 3 nitrogen and oxygen atoms in total. The van der Waals surface area contributed by atoms with Crippen molar-refractivity contribution in [3.8, 4) is 5.75 Å². The number of aromatic nitrogens is 2. The van der Waals surface area contributed by atoms with Gasteiger partial charge in [0.2, 0.25) is 0 Å². The van der Waals surface area contributed by atoms with Crippen LogP contribution in [-0.2, 0) is 6.54 Å². The summed E-state index contributed by atoms with van der Waals surface area (Å²) < 4.78 is 8.20. The van der Waals surface area contributed by atoms with Gasteiger partial charge in [0.05, 0.1) is 23.3 Å². The fraction of sp³-hybridized carbons (Fsp3) is 0.389. The van der Waals surface area contributed by atoms with Crippen molar-refractivity contribution in [2.45, 2.75) is 34.2 Å². The molecule has 0 amide bonds. The van der Waals surface area contributed by atoms with E-state index in [0.29, 0.717) is 5.92 Å². The Morgan fingerprint density at radius 3 is 2.71 bits per heavy atom. The third kappa shape index (κ3) is 2.37. The number of hydrogen-bond acceptors (Lipinski definition) is 2. The van der Waals surface area contributed by atoms with E-state index in [1.54, 1.807) is 0 Å². The van der Waals surface area contributed by atoms with E-state index in [4.69, 9.17) is 4.74 Å². The van der Waals surface area contributed by atoms with Crippen LogP contribution in [-0.4, -0.2) is 16.2 Å². The summed E-state index contributed by atoms with van der Waals surface area (Å²) in [4.78, 5) is 4.44. The first-order valence-corrected chi connectivity index (χ1v) is 7.62. The molecule has 0 N–H and O–H groups in total. The van der Waals surface area contributed by atoms with Crippen LogP contribution in [0.3, 0.4) is 0 Å². The molecule has 21 heavy (non-hydrogen) atoms. The summed E-state index contributed by atoms with van der Waals surface area (Å²) in [6.07, 6.45) is 1.89. The van der Waals surface area contributed by atoms with Gasteiger partial charge in [-0.25, -0.2) is 0 Å². The standard InChI is InChI=1S/C18H22N2O/c1-5-20-17-10-14(21-11-12(2)3)6-7-15(17)16-8-9-19-13(4)18(16)20/h6-10,12H,5,11H2,1-4H3. The Morgan fingerprint density at radius 2 is 2.00 bits per heavy atom. The number of aryl methyl sites for hydroxylation is 2. The Kier molecular flexibility index (Phi) is 3.58. The number of fused-ring (bicyclic) bond motifs is 3. The van der Waals surface area contributed by atoms with Crippen LogP contribution in [0.15, 0.2) is 30.5 Å². The number of nitrogens with zero attached hydrogens (tertiary/aromatic N) is 2. The highest BCUT2D eigenvalue weighted by Crippen LogP contribution is 2.32. The number of benzene rings is 1. The molecule has 0 aliphatic heterocycles. The lowest BCUT2D eigenvalue weighted by atomic mass is 10.1. The molecule has 0 aliphatic rings. The highest BCUT2D eigenvalue weighted by molar-refractivity contribution is 6.08. The fourth-order valence-electron chi connectivity index (χ4n) is 2.88. The minimum absolute atomic E-state index is 0.532. The Balaban J connectivity index is 2.20. The summed E-state index contributed by atoms with van der Waals surface area (Å²) in [5.41, 5.74) is 3.54. The van der Waals surface area contributed by atoms with Gasteiger partial charge in [0, 0.05) is 29.6 Å². The predicted octanol–water partition coefficient (Wildman–Crippen LogP) is 4.55. The normalized spacial score (nSPS) is 11.7. The van der Waals surface area contributed by atoms with E-state index in [2.05, 4.69) is 61.5 Å². The van der Waals surface area contributed by atoms with Gasteiger partial charge in [-0.1, -0.05) is 13.8 Å². The Labute approximate surface area is 125 Å². The Hall–Kier alpha value is -2.03. The van der Waals surface area contributed by atoms with Crippen LogP contribution < -0.4 is 4.74 Å². The van der Waals surface area contributed by atoms with Gasteiger partial charge in [-0.15, -0.1) is 0 Å². The zero-order valence-corrected chi connectivity index (χ0v) is 13.2. The van der Waals surface area contributed by atoms with Crippen molar-refractivity contribution in [1.82, 2.24) is 9.55 Å². The van der Waals surface area contributed by atoms with Crippen molar-refractivity contribution in [1.29, 1.82) is 0 Å². The quantitative estimate of drug-likeness (QED) is 0.701. The third-order valence-electron chi connectivity index (χ3n) is 3.83. The molecular weight excluding hydrogens is 260 g/mol. The maximum atomic E-state index is 5.87. The molecule has 0 radical (unpaired) electrons. The average molecular weight is 282 g/mol. The molecule has 3 heteroatoms. The summed E-state index contributed by atoms with van der Waals surface area (Å²) >= 11 is 0. The molecule has 3 rings (SSSR count). The van der Waals surface area contributed by atoms with E-state index in [0.717, 1.165) is 24.6 Å². The van der Waals surface area contributed by atoms with Gasteiger partial charge in [-0.2, -0.15) is 0 Å². The van der Waals surface area contributed by atoms with E-state index < -0.39 is 0 Å². The molecular formula is C18H22N2O. The van der Waals surface area contributed by atoms with Gasteiger partial charge in [0.25, 0.3) is 0 Å². The van der Waals surface area contributed by atoms with Crippen LogP contribution in [0.25, 0.3) is 21.8 Å². The SMILES string of the molecule is CCn1c2cc(OCC(C)C)ccc2c2ccnc(C)c21. The zero-order chi connectivity index (χ0) is 15.0. The zero-order valence-electron chi connectivity index (χ0n) is 13.2. The molecule has 0 unspecified atom stereocenters. The highest BCUT2D eigenvalue weighted by Gasteiger charge is 2.12. The second-order valence-electron chi connectivity index (χ2n) is 5.92. The lowest BCUT2D eigenvalue weighted by Crippen LogP contribution is -2.04. The van der Waals surface area contributed by atoms with Crippen LogP contribution in [0.4, 0.5) is 0 Å². The molecule has 0 bridgehead atoms. The Morgan fingerprint density at radius 1 is 1.19 bits per heavy atom. The second kappa shape index (κ2) is 5.40. The smallest absolute Gasteiger partial charge is 0.121 e. The Bertz CT molecular complexity index is 787. The largest absolute Gasteiger partial charge is 0.493 e. The van der Waals surface area contributed by atoms with Crippen molar-refractivity contribution >= 4 is 21.8 Å². The minimum atomic E-state index is 0.532. The maximum absolute atomic E-state index is 5.87. The summed E-state index contributed by atoms with van der Waals surface area (Å²) in [7, 11) is 0. The van der Waals surface area contributed by atoms with E-state index in [1.807, 2.05) is 6.20 Å². The van der Waals surface area contributed by atoms with E-state index in [-0.39, 0.29) is 0 Å². The monoisotopic (exact) mass is 282 g/mol. The number of rotatable bonds is 4. The van der Waals surface area contributed by atoms with Crippen molar-refractivity contribution in [3.63, 3.8) is 0 Å². The van der Waals surface area contributed by atoms with Crippen molar-refractivity contribution < 1.29 is 4.74 Å². The second-order valence-corrected chi connectivity index (χ2v) is 5.92. The molecule has 0 saturated carbocycles. The van der Waals surface area contributed by atoms with Gasteiger partial charge in [-0.05, 0) is 38.0 Å². The number of hydrogen-bond donors (Lipinski definition) is 0. The first kappa shape index (κ1) is 13.9. The topological polar surface area (TPSA) is 27.1 Å². The summed E-state index contributed by atoms with van der Waals surface area (Å²) in [5.74, 6) is 1.48. The first-order chi connectivity index (χ1) is 10.1. The van der Waals surface area contributed by atoms with Crippen LogP contribution in [0.5, 0.6) is 5.75 Å². The van der Waals surface area contributed by atoms with Crippen LogP contribution >= 0.6 is 0 Å². The molecule has 1 aromatic carbocycles. The van der Waals surface area contributed by atoms with Crippen LogP contribution in [0, 0.1) is 12.8 Å². The van der Waals surface area contributed by atoms with E-state index in [9.17, 15) is 0 Å². The third-order valence-corrected chi connectivity index (χ3v) is 3.83. The molecule has 110 valence electrons. The average Bonchev–Trinajstić information content (AvgIpc) is 2.79. The van der Waals surface area contributed by atoms with Gasteiger partial charge >= 0.3 is 0 Å². The highest BCUT2D eigenvalue weighted by atomic mass is 16.5. The van der Waals surface area contributed by atoms with Gasteiger partial charge < -0.3 is 9.30 Å². The van der Waals surface area contributed by atoms with E-state index >= 15 is 0 Å².